The maximum atomic E-state index is 13.3. The van der Waals surface area contributed by atoms with Crippen LogP contribution in [0.25, 0.3) is 22.2 Å². The fraction of sp³-hybridized carbons (Fsp3) is 0.304. The molecule has 3 heterocycles. The summed E-state index contributed by atoms with van der Waals surface area (Å²) in [7, 11) is 0. The molecule has 1 N–H and O–H groups in total. The molecule has 1 saturated carbocycles. The van der Waals surface area contributed by atoms with Crippen LogP contribution in [-0.4, -0.2) is 36.1 Å². The van der Waals surface area contributed by atoms with Crippen LogP contribution >= 0.6 is 0 Å². The van der Waals surface area contributed by atoms with Crippen LogP contribution in [0.15, 0.2) is 49.1 Å². The van der Waals surface area contributed by atoms with E-state index in [0.717, 1.165) is 27.9 Å². The zero-order valence-corrected chi connectivity index (χ0v) is 17.9. The van der Waals surface area contributed by atoms with E-state index in [1.165, 1.54) is 10.8 Å². The van der Waals surface area contributed by atoms with Crippen molar-refractivity contribution in [1.29, 1.82) is 0 Å². The average molecular weight is 436 g/mol. The van der Waals surface area contributed by atoms with Crippen LogP contribution < -0.4 is 5.32 Å². The number of nitrogens with one attached hydrogen (secondary N) is 1. The third-order valence-corrected chi connectivity index (χ3v) is 5.68. The smallest absolute Gasteiger partial charge is 0.260 e. The van der Waals surface area contributed by atoms with E-state index in [0.29, 0.717) is 11.5 Å². The largest absolute Gasteiger partial charge is 0.324 e. The summed E-state index contributed by atoms with van der Waals surface area (Å²) in [6.07, 6.45) is 6.65. The number of carbonyl (C=O) groups excluding carboxylic acids is 1. The number of benzene rings is 1. The third-order valence-electron chi connectivity index (χ3n) is 5.68. The molecule has 9 heteroatoms. The molecule has 0 radical (unpaired) electrons. The number of halogens is 2. The molecule has 1 aromatic carbocycles. The van der Waals surface area contributed by atoms with E-state index in [2.05, 4.69) is 34.2 Å². The zero-order chi connectivity index (χ0) is 22.6. The fourth-order valence-corrected chi connectivity index (χ4v) is 3.73. The highest BCUT2D eigenvalue weighted by Crippen LogP contribution is 2.49. The summed E-state index contributed by atoms with van der Waals surface area (Å²) in [4.78, 5) is 21.4. The second-order valence-electron chi connectivity index (χ2n) is 8.47. The lowest BCUT2D eigenvalue weighted by molar-refractivity contribution is 0.0694. The number of alkyl halides is 2. The second-order valence-corrected chi connectivity index (χ2v) is 8.47. The number of rotatable bonds is 5. The number of hydrogen-bond acceptors (Lipinski definition) is 5. The Hall–Kier alpha value is -3.62. The van der Waals surface area contributed by atoms with Crippen molar-refractivity contribution in [2.45, 2.75) is 39.2 Å². The highest BCUT2D eigenvalue weighted by molar-refractivity contribution is 5.96. The highest BCUT2D eigenvalue weighted by atomic mass is 19.3. The number of hydrogen-bond donors (Lipinski definition) is 1. The van der Waals surface area contributed by atoms with Gasteiger partial charge in [0.2, 0.25) is 11.9 Å². The molecule has 0 bridgehead atoms. The maximum absolute atomic E-state index is 13.3. The molecule has 32 heavy (non-hydrogen) atoms. The van der Waals surface area contributed by atoms with Gasteiger partial charge in [0.25, 0.3) is 5.92 Å². The molecule has 164 valence electrons. The van der Waals surface area contributed by atoms with Crippen LogP contribution in [0.4, 0.5) is 20.4 Å². The van der Waals surface area contributed by atoms with Gasteiger partial charge < -0.3 is 5.32 Å². The Balaban J connectivity index is 1.40. The molecular weight excluding hydrogens is 414 g/mol. The molecule has 1 atom stereocenters. The summed E-state index contributed by atoms with van der Waals surface area (Å²) in [5.74, 6) is -4.26. The maximum Gasteiger partial charge on any atom is 0.260 e. The molecule has 0 spiro atoms. The van der Waals surface area contributed by atoms with E-state index in [1.807, 2.05) is 23.9 Å². The Labute approximate surface area is 183 Å². The fourth-order valence-electron chi connectivity index (χ4n) is 3.73. The summed E-state index contributed by atoms with van der Waals surface area (Å²) in [5, 5.41) is 8.33. The first-order chi connectivity index (χ1) is 15.2. The van der Waals surface area contributed by atoms with Crippen LogP contribution in [0.3, 0.4) is 0 Å². The van der Waals surface area contributed by atoms with Gasteiger partial charge in [-0.1, -0.05) is 0 Å². The van der Waals surface area contributed by atoms with Crippen LogP contribution in [0, 0.1) is 12.8 Å². The standard InChI is InChI=1S/C23H22F2N6O/c1-13(2)31-12-16(11-27-31)20-14(3)10-26-22(29-20)28-17-4-5-19-15(8-17)6-7-30(19)21(32)18-9-23(18,24)25/h4-8,10-13,18H,9H2,1-3H3,(H,26,28,29). The Morgan fingerprint density at radius 3 is 2.72 bits per heavy atom. The Morgan fingerprint density at radius 1 is 1.25 bits per heavy atom. The molecule has 1 aliphatic carbocycles. The molecule has 3 aromatic heterocycles. The van der Waals surface area contributed by atoms with Crippen molar-refractivity contribution in [3.8, 4) is 11.3 Å². The molecule has 7 nitrogen and oxygen atoms in total. The van der Waals surface area contributed by atoms with Gasteiger partial charge in [-0.3, -0.25) is 14.0 Å². The molecular formula is C23H22F2N6O. The molecule has 1 unspecified atom stereocenters. The Bertz CT molecular complexity index is 1340. The van der Waals surface area contributed by atoms with E-state index >= 15 is 0 Å². The first-order valence-electron chi connectivity index (χ1n) is 10.4. The number of aromatic nitrogens is 5. The topological polar surface area (TPSA) is 77.6 Å². The predicted octanol–water partition coefficient (Wildman–Crippen LogP) is 5.22. The monoisotopic (exact) mass is 436 g/mol. The Kier molecular flexibility index (Phi) is 4.58. The number of fused-ring (bicyclic) bond motifs is 1. The van der Waals surface area contributed by atoms with Gasteiger partial charge >= 0.3 is 0 Å². The van der Waals surface area contributed by atoms with Crippen LogP contribution in [0.2, 0.25) is 0 Å². The van der Waals surface area contributed by atoms with Crippen LogP contribution in [-0.2, 0) is 0 Å². The van der Waals surface area contributed by atoms with Crippen molar-refractivity contribution >= 4 is 28.4 Å². The van der Waals surface area contributed by atoms with Gasteiger partial charge in [0.05, 0.1) is 17.4 Å². The van der Waals surface area contributed by atoms with Crippen molar-refractivity contribution in [2.24, 2.45) is 5.92 Å². The minimum atomic E-state index is -2.89. The van der Waals surface area contributed by atoms with E-state index in [-0.39, 0.29) is 12.5 Å². The number of nitrogens with zero attached hydrogens (tertiary/aromatic N) is 5. The quantitative estimate of drug-likeness (QED) is 0.464. The van der Waals surface area contributed by atoms with Gasteiger partial charge in [-0.25, -0.2) is 18.7 Å². The average Bonchev–Trinajstić information content (AvgIpc) is 3.14. The van der Waals surface area contributed by atoms with E-state index in [9.17, 15) is 13.6 Å². The molecule has 4 aromatic rings. The lowest BCUT2D eigenvalue weighted by Crippen LogP contribution is -2.15. The number of anilines is 2. The number of aryl methyl sites for hydroxylation is 1. The molecule has 0 saturated heterocycles. The second kappa shape index (κ2) is 7.22. The Morgan fingerprint density at radius 2 is 2.03 bits per heavy atom. The van der Waals surface area contributed by atoms with Crippen molar-refractivity contribution in [1.82, 2.24) is 24.3 Å². The SMILES string of the molecule is Cc1cnc(Nc2ccc3c(ccn3C(=O)C3CC3(F)F)c2)nc1-c1cnn(C(C)C)c1. The van der Waals surface area contributed by atoms with Gasteiger partial charge in [-0.2, -0.15) is 5.10 Å². The van der Waals surface area contributed by atoms with Crippen molar-refractivity contribution in [2.75, 3.05) is 5.32 Å². The van der Waals surface area contributed by atoms with Crippen molar-refractivity contribution in [3.05, 3.63) is 54.6 Å². The first-order valence-corrected chi connectivity index (χ1v) is 10.4. The summed E-state index contributed by atoms with van der Waals surface area (Å²) in [6, 6.07) is 7.33. The summed E-state index contributed by atoms with van der Waals surface area (Å²) >= 11 is 0. The summed E-state index contributed by atoms with van der Waals surface area (Å²) in [6.45, 7) is 6.06. The van der Waals surface area contributed by atoms with Crippen LogP contribution in [0.1, 0.15) is 36.7 Å². The molecule has 5 rings (SSSR count). The van der Waals surface area contributed by atoms with Gasteiger partial charge in [0.15, 0.2) is 0 Å². The van der Waals surface area contributed by atoms with E-state index in [1.54, 1.807) is 30.6 Å². The molecule has 1 fully saturated rings. The van der Waals surface area contributed by atoms with Crippen molar-refractivity contribution in [3.63, 3.8) is 0 Å². The van der Waals surface area contributed by atoms with E-state index < -0.39 is 17.7 Å². The van der Waals surface area contributed by atoms with E-state index in [4.69, 9.17) is 0 Å². The summed E-state index contributed by atoms with van der Waals surface area (Å²) in [5.41, 5.74) is 3.95. The number of carbonyl (C=O) groups is 1. The first kappa shape index (κ1) is 20.3. The molecule has 0 amide bonds. The predicted molar refractivity (Wildman–Crippen MR) is 117 cm³/mol. The molecule has 0 aliphatic heterocycles. The highest BCUT2D eigenvalue weighted by Gasteiger charge is 2.61. The van der Waals surface area contributed by atoms with Gasteiger partial charge in [0, 0.05) is 47.7 Å². The normalized spacial score (nSPS) is 17.1. The lowest BCUT2D eigenvalue weighted by atomic mass is 10.1. The minimum absolute atomic E-state index is 0.251. The lowest BCUT2D eigenvalue weighted by Gasteiger charge is -2.09. The van der Waals surface area contributed by atoms with Gasteiger partial charge in [0.1, 0.15) is 5.92 Å². The van der Waals surface area contributed by atoms with Gasteiger partial charge in [-0.05, 0) is 50.6 Å². The van der Waals surface area contributed by atoms with Crippen molar-refractivity contribution < 1.29 is 13.6 Å². The zero-order valence-electron chi connectivity index (χ0n) is 17.9. The minimum Gasteiger partial charge on any atom is -0.324 e. The van der Waals surface area contributed by atoms with Crippen LogP contribution in [0.5, 0.6) is 0 Å². The molecule has 1 aliphatic rings. The summed E-state index contributed by atoms with van der Waals surface area (Å²) < 4.78 is 29.8. The van der Waals surface area contributed by atoms with Gasteiger partial charge in [-0.15, -0.1) is 0 Å². The third kappa shape index (κ3) is 3.53.